The Hall–Kier alpha value is -1.10. The van der Waals surface area contributed by atoms with Crippen LogP contribution in [0.5, 0.6) is 0 Å². The van der Waals surface area contributed by atoms with Crippen LogP contribution in [0.4, 0.5) is 11.5 Å². The maximum Gasteiger partial charge on any atom is 0.153 e. The molecule has 5 heteroatoms. The van der Waals surface area contributed by atoms with Gasteiger partial charge in [-0.2, -0.15) is 0 Å². The Morgan fingerprint density at radius 3 is 2.94 bits per heavy atom. The van der Waals surface area contributed by atoms with E-state index in [9.17, 15) is 4.79 Å². The largest absolute Gasteiger partial charge is 0.371 e. The second-order valence-corrected chi connectivity index (χ2v) is 5.50. The molecule has 1 aromatic heterocycles. The zero-order valence-electron chi connectivity index (χ0n) is 9.56. The van der Waals surface area contributed by atoms with Crippen LogP contribution in [0, 0.1) is 0 Å². The molecule has 3 rings (SSSR count). The van der Waals surface area contributed by atoms with Gasteiger partial charge in [0, 0.05) is 6.04 Å². The van der Waals surface area contributed by atoms with Crippen LogP contribution in [0.1, 0.15) is 19.8 Å². The number of fused-ring (bicyclic) bond motifs is 1. The fourth-order valence-electron chi connectivity index (χ4n) is 2.41. The lowest BCUT2D eigenvalue weighted by Gasteiger charge is -2.40. The summed E-state index contributed by atoms with van der Waals surface area (Å²) >= 11 is 3.40. The minimum atomic E-state index is -0.147. The van der Waals surface area contributed by atoms with Crippen LogP contribution >= 0.6 is 15.9 Å². The lowest BCUT2D eigenvalue weighted by molar-refractivity contribution is -0.108. The van der Waals surface area contributed by atoms with Crippen LogP contribution in [0.2, 0.25) is 0 Å². The van der Waals surface area contributed by atoms with Crippen molar-refractivity contribution < 1.29 is 4.79 Å². The lowest BCUT2D eigenvalue weighted by Crippen LogP contribution is -2.51. The predicted octanol–water partition coefficient (Wildman–Crippen LogP) is 2.19. The molecular formula is C12H14BrN3O. The summed E-state index contributed by atoms with van der Waals surface area (Å²) < 4.78 is 0.834. The molecule has 1 aliphatic heterocycles. The molecule has 1 N–H and O–H groups in total. The van der Waals surface area contributed by atoms with Crippen molar-refractivity contribution >= 4 is 33.7 Å². The molecule has 0 spiro atoms. The van der Waals surface area contributed by atoms with Gasteiger partial charge in [0.2, 0.25) is 0 Å². The first-order valence-corrected chi connectivity index (χ1v) is 6.66. The molecule has 1 aromatic rings. The third kappa shape index (κ3) is 1.82. The van der Waals surface area contributed by atoms with Gasteiger partial charge in [-0.15, -0.1) is 0 Å². The lowest BCUT2D eigenvalue weighted by atomic mass is 10.1. The molecule has 2 unspecified atom stereocenters. The van der Waals surface area contributed by atoms with Crippen LogP contribution in [0.15, 0.2) is 16.7 Å². The molecule has 1 aliphatic carbocycles. The van der Waals surface area contributed by atoms with E-state index in [1.54, 1.807) is 0 Å². The van der Waals surface area contributed by atoms with Crippen molar-refractivity contribution in [3.8, 4) is 0 Å². The van der Waals surface area contributed by atoms with Crippen molar-refractivity contribution in [2.75, 3.05) is 10.2 Å². The molecule has 90 valence electrons. The Morgan fingerprint density at radius 1 is 1.53 bits per heavy atom. The van der Waals surface area contributed by atoms with Crippen LogP contribution in [0.3, 0.4) is 0 Å². The summed E-state index contributed by atoms with van der Waals surface area (Å²) in [6, 6.07) is 4.44. The van der Waals surface area contributed by atoms with Gasteiger partial charge in [0.1, 0.15) is 16.9 Å². The number of aldehydes is 1. The minimum Gasteiger partial charge on any atom is -0.371 e. The van der Waals surface area contributed by atoms with Crippen molar-refractivity contribution in [3.05, 3.63) is 16.7 Å². The number of pyridine rings is 1. The summed E-state index contributed by atoms with van der Waals surface area (Å²) in [6.45, 7) is 2.08. The molecule has 2 aliphatic rings. The monoisotopic (exact) mass is 295 g/mol. The molecule has 2 atom stereocenters. The summed E-state index contributed by atoms with van der Waals surface area (Å²) in [5.74, 6) is 0.965. The normalized spacial score (nSPS) is 27.3. The molecule has 0 bridgehead atoms. The van der Waals surface area contributed by atoms with Crippen molar-refractivity contribution in [1.82, 2.24) is 4.98 Å². The van der Waals surface area contributed by atoms with Crippen LogP contribution < -0.4 is 10.2 Å². The second-order valence-electron chi connectivity index (χ2n) is 4.69. The van der Waals surface area contributed by atoms with E-state index in [-0.39, 0.29) is 12.1 Å². The Balaban J connectivity index is 2.06. The number of nitrogens with one attached hydrogen (secondary N) is 1. The molecule has 0 aromatic carbocycles. The third-order valence-corrected chi connectivity index (χ3v) is 3.89. The Morgan fingerprint density at radius 2 is 2.29 bits per heavy atom. The van der Waals surface area contributed by atoms with Crippen molar-refractivity contribution in [2.24, 2.45) is 0 Å². The average molecular weight is 296 g/mol. The summed E-state index contributed by atoms with van der Waals surface area (Å²) in [5, 5.41) is 3.24. The third-order valence-electron chi connectivity index (χ3n) is 3.45. The van der Waals surface area contributed by atoms with Gasteiger partial charge in [-0.05, 0) is 47.8 Å². The highest BCUT2D eigenvalue weighted by molar-refractivity contribution is 9.10. The number of halogens is 1. The van der Waals surface area contributed by atoms with E-state index < -0.39 is 0 Å². The Labute approximate surface area is 109 Å². The van der Waals surface area contributed by atoms with Gasteiger partial charge >= 0.3 is 0 Å². The number of carbonyl (C=O) groups is 1. The molecule has 0 saturated heterocycles. The predicted molar refractivity (Wildman–Crippen MR) is 70.4 cm³/mol. The molecule has 1 fully saturated rings. The molecule has 0 amide bonds. The van der Waals surface area contributed by atoms with E-state index >= 15 is 0 Å². The minimum absolute atomic E-state index is 0.147. The summed E-state index contributed by atoms with van der Waals surface area (Å²) in [6.07, 6.45) is 3.39. The van der Waals surface area contributed by atoms with E-state index in [1.165, 1.54) is 12.8 Å². The van der Waals surface area contributed by atoms with E-state index in [0.717, 1.165) is 22.4 Å². The number of aromatic nitrogens is 1. The Kier molecular flexibility index (Phi) is 2.58. The summed E-state index contributed by atoms with van der Waals surface area (Å²) in [5.41, 5.74) is 0.954. The standard InChI is InChI=1S/C12H14BrN3O/c1-7-10(6-17)14-9-4-5-11(13)15-12(9)16(7)8-2-3-8/h4-8,10,14H,2-3H2,1H3. The highest BCUT2D eigenvalue weighted by Gasteiger charge is 2.40. The van der Waals surface area contributed by atoms with Gasteiger partial charge in [0.05, 0.1) is 11.7 Å². The number of hydrogen-bond acceptors (Lipinski definition) is 4. The van der Waals surface area contributed by atoms with E-state index in [1.807, 2.05) is 12.1 Å². The van der Waals surface area contributed by atoms with Gasteiger partial charge in [-0.25, -0.2) is 4.98 Å². The zero-order valence-corrected chi connectivity index (χ0v) is 11.1. The quantitative estimate of drug-likeness (QED) is 0.671. The van der Waals surface area contributed by atoms with Crippen LogP contribution in [0.25, 0.3) is 0 Å². The second kappa shape index (κ2) is 3.98. The number of anilines is 2. The number of rotatable bonds is 2. The summed E-state index contributed by atoms with van der Waals surface area (Å²) in [7, 11) is 0. The van der Waals surface area contributed by atoms with E-state index in [2.05, 4.69) is 38.1 Å². The SMILES string of the molecule is CC1C(C=O)Nc2ccc(Br)nc2N1C1CC1. The van der Waals surface area contributed by atoms with E-state index in [0.29, 0.717) is 6.04 Å². The van der Waals surface area contributed by atoms with Gasteiger partial charge in [0.25, 0.3) is 0 Å². The van der Waals surface area contributed by atoms with Gasteiger partial charge in [-0.3, -0.25) is 0 Å². The first-order chi connectivity index (χ1) is 8.20. The van der Waals surface area contributed by atoms with Crippen LogP contribution in [-0.2, 0) is 4.79 Å². The highest BCUT2D eigenvalue weighted by Crippen LogP contribution is 2.40. The van der Waals surface area contributed by atoms with Crippen molar-refractivity contribution in [2.45, 2.75) is 37.9 Å². The van der Waals surface area contributed by atoms with Gasteiger partial charge in [-0.1, -0.05) is 0 Å². The number of nitrogens with zero attached hydrogens (tertiary/aromatic N) is 2. The molecule has 1 saturated carbocycles. The topological polar surface area (TPSA) is 45.2 Å². The fourth-order valence-corrected chi connectivity index (χ4v) is 2.71. The van der Waals surface area contributed by atoms with Crippen LogP contribution in [-0.4, -0.2) is 29.4 Å². The number of carbonyl (C=O) groups excluding carboxylic acids is 1. The first kappa shape index (κ1) is 11.0. The number of hydrogen-bond donors (Lipinski definition) is 1. The molecule has 2 heterocycles. The van der Waals surface area contributed by atoms with E-state index in [4.69, 9.17) is 0 Å². The zero-order chi connectivity index (χ0) is 12.0. The van der Waals surface area contributed by atoms with Crippen molar-refractivity contribution in [1.29, 1.82) is 0 Å². The summed E-state index contributed by atoms with van der Waals surface area (Å²) in [4.78, 5) is 17.9. The first-order valence-electron chi connectivity index (χ1n) is 5.87. The molecule has 0 radical (unpaired) electrons. The molecular weight excluding hydrogens is 282 g/mol. The van der Waals surface area contributed by atoms with Crippen molar-refractivity contribution in [3.63, 3.8) is 0 Å². The molecule has 4 nitrogen and oxygen atoms in total. The highest BCUT2D eigenvalue weighted by atomic mass is 79.9. The maximum atomic E-state index is 11.1. The average Bonchev–Trinajstić information content (AvgIpc) is 3.12. The Bertz CT molecular complexity index is 461. The van der Waals surface area contributed by atoms with Gasteiger partial charge < -0.3 is 15.0 Å². The smallest absolute Gasteiger partial charge is 0.153 e. The maximum absolute atomic E-state index is 11.1. The van der Waals surface area contributed by atoms with Gasteiger partial charge in [0.15, 0.2) is 5.82 Å². The fraction of sp³-hybridized carbons (Fsp3) is 0.500. The molecule has 17 heavy (non-hydrogen) atoms.